The summed E-state index contributed by atoms with van der Waals surface area (Å²) in [4.78, 5) is 22.6. The topological polar surface area (TPSA) is 117 Å². The molecule has 1 aliphatic heterocycles. The monoisotopic (exact) mass is 285 g/mol. The molecule has 1 aliphatic rings. The van der Waals surface area contributed by atoms with E-state index in [2.05, 4.69) is 11.0 Å². The van der Waals surface area contributed by atoms with Crippen molar-refractivity contribution < 1.29 is 14.9 Å². The van der Waals surface area contributed by atoms with E-state index in [9.17, 15) is 14.7 Å². The quantitative estimate of drug-likeness (QED) is 0.466. The van der Waals surface area contributed by atoms with Gasteiger partial charge < -0.3 is 14.9 Å². The highest BCUT2D eigenvalue weighted by Gasteiger charge is 2.51. The second-order valence-electron chi connectivity index (χ2n) is 3.64. The summed E-state index contributed by atoms with van der Waals surface area (Å²) in [6.45, 7) is -0.656. The summed E-state index contributed by atoms with van der Waals surface area (Å²) in [6.07, 6.45) is 4.67. The number of aromatic nitrogens is 3. The van der Waals surface area contributed by atoms with E-state index in [0.717, 1.165) is 6.20 Å². The lowest BCUT2D eigenvalue weighted by atomic mass is 10.1. The second-order valence-corrected chi connectivity index (χ2v) is 4.24. The third kappa shape index (κ3) is 1.89. The lowest BCUT2D eigenvalue weighted by Crippen LogP contribution is -2.41. The minimum absolute atomic E-state index is 0.266. The first-order valence-corrected chi connectivity index (χ1v) is 5.36. The first-order valence-electron chi connectivity index (χ1n) is 4.99. The summed E-state index contributed by atoms with van der Waals surface area (Å²) in [7, 11) is 0. The van der Waals surface area contributed by atoms with Gasteiger partial charge in [0.1, 0.15) is 12.8 Å². The normalized spacial score (nSPS) is 26.1. The van der Waals surface area contributed by atoms with Crippen molar-refractivity contribution in [2.75, 3.05) is 6.61 Å². The number of aromatic amines is 1. The molecule has 8 nitrogen and oxygen atoms in total. The number of hydrogen-bond acceptors (Lipinski definition) is 6. The van der Waals surface area contributed by atoms with Crippen LogP contribution in [0.2, 0.25) is 0 Å². The van der Waals surface area contributed by atoms with Crippen LogP contribution in [0.15, 0.2) is 27.3 Å². The maximum Gasteiger partial charge on any atom is 0.348 e. The molecular weight excluding hydrogens is 278 g/mol. The van der Waals surface area contributed by atoms with Crippen LogP contribution >= 0.6 is 11.6 Å². The summed E-state index contributed by atoms with van der Waals surface area (Å²) >= 11 is 6.02. The van der Waals surface area contributed by atoms with Crippen molar-refractivity contribution in [1.82, 2.24) is 14.8 Å². The molecular formula is C10H8ClN3O5. The summed E-state index contributed by atoms with van der Waals surface area (Å²) < 4.78 is 5.79. The Morgan fingerprint density at radius 1 is 1.68 bits per heavy atom. The van der Waals surface area contributed by atoms with Crippen LogP contribution in [0.25, 0.3) is 0 Å². The number of nitrogens with one attached hydrogen (secondary N) is 1. The van der Waals surface area contributed by atoms with Crippen LogP contribution in [0.1, 0.15) is 6.23 Å². The van der Waals surface area contributed by atoms with Gasteiger partial charge in [0, 0.05) is 0 Å². The van der Waals surface area contributed by atoms with Crippen molar-refractivity contribution in [2.45, 2.75) is 11.1 Å². The molecule has 0 aliphatic carbocycles. The molecule has 0 saturated heterocycles. The highest BCUT2D eigenvalue weighted by molar-refractivity contribution is 6.28. The Morgan fingerprint density at radius 3 is 2.89 bits per heavy atom. The minimum Gasteiger partial charge on any atom is -0.506 e. The highest BCUT2D eigenvalue weighted by atomic mass is 35.5. The van der Waals surface area contributed by atoms with Crippen LogP contribution in [0.3, 0.4) is 0 Å². The van der Waals surface area contributed by atoms with Crippen molar-refractivity contribution in [1.29, 1.82) is 0 Å². The van der Waals surface area contributed by atoms with E-state index in [1.807, 2.05) is 4.98 Å². The molecule has 3 N–H and O–H groups in total. The SMILES string of the molecule is C#CC1(Cl)C(O)=C(CO)O[C@H]1n1ncc(=O)[nH]c1=O. The molecule has 0 aromatic carbocycles. The van der Waals surface area contributed by atoms with Crippen molar-refractivity contribution in [3.63, 3.8) is 0 Å². The predicted octanol–water partition coefficient (Wildman–Crippen LogP) is -1.17. The van der Waals surface area contributed by atoms with Gasteiger partial charge >= 0.3 is 5.69 Å². The van der Waals surface area contributed by atoms with E-state index >= 15 is 0 Å². The third-order valence-corrected chi connectivity index (χ3v) is 2.99. The molecule has 2 atom stereocenters. The minimum atomic E-state index is -1.90. The van der Waals surface area contributed by atoms with Crippen molar-refractivity contribution in [3.05, 3.63) is 38.6 Å². The molecule has 1 unspecified atom stereocenters. The average molecular weight is 286 g/mol. The fraction of sp³-hybridized carbons (Fsp3) is 0.300. The summed E-state index contributed by atoms with van der Waals surface area (Å²) in [5.74, 6) is 1.23. The fourth-order valence-corrected chi connectivity index (χ4v) is 1.83. The highest BCUT2D eigenvalue weighted by Crippen LogP contribution is 2.43. The van der Waals surface area contributed by atoms with Crippen LogP contribution in [0.5, 0.6) is 0 Å². The predicted molar refractivity (Wildman–Crippen MR) is 63.4 cm³/mol. The zero-order chi connectivity index (χ0) is 14.2. The van der Waals surface area contributed by atoms with Gasteiger partial charge in [-0.25, -0.2) is 4.79 Å². The number of H-pyrrole nitrogens is 1. The third-order valence-electron chi connectivity index (χ3n) is 2.52. The molecule has 0 fully saturated rings. The van der Waals surface area contributed by atoms with E-state index in [1.165, 1.54) is 0 Å². The van der Waals surface area contributed by atoms with Gasteiger partial charge in [-0.15, -0.1) is 6.42 Å². The molecule has 1 aromatic rings. The Bertz CT molecular complexity index is 700. The Hall–Kier alpha value is -2.24. The van der Waals surface area contributed by atoms with Crippen LogP contribution in [0.4, 0.5) is 0 Å². The lowest BCUT2D eigenvalue weighted by Gasteiger charge is -2.22. The molecule has 0 spiro atoms. The molecule has 0 bridgehead atoms. The van der Waals surface area contributed by atoms with Gasteiger partial charge in [-0.05, 0) is 0 Å². The van der Waals surface area contributed by atoms with Crippen LogP contribution in [-0.2, 0) is 4.74 Å². The Morgan fingerprint density at radius 2 is 2.37 bits per heavy atom. The fourth-order valence-electron chi connectivity index (χ4n) is 1.59. The van der Waals surface area contributed by atoms with Gasteiger partial charge in [0.05, 0.1) is 0 Å². The smallest absolute Gasteiger partial charge is 0.348 e. The van der Waals surface area contributed by atoms with E-state index in [4.69, 9.17) is 27.9 Å². The molecule has 0 amide bonds. The molecule has 100 valence electrons. The Labute approximate surface area is 110 Å². The number of terminal acetylenes is 1. The standard InChI is InChI=1S/C10H8ClN3O5/c1-2-10(11)7(17)5(4-15)19-8(10)14-9(18)13-6(16)3-12-14/h1,3,8,15,17H,4H2,(H,13,16,18)/t8-,10?/m1/s1. The van der Waals surface area contributed by atoms with Crippen molar-refractivity contribution in [2.24, 2.45) is 0 Å². The average Bonchev–Trinajstić information content (AvgIpc) is 2.63. The second kappa shape index (κ2) is 4.46. The largest absolute Gasteiger partial charge is 0.506 e. The van der Waals surface area contributed by atoms with Crippen LogP contribution in [-0.4, -0.2) is 36.5 Å². The molecule has 2 rings (SSSR count). The van der Waals surface area contributed by atoms with Gasteiger partial charge in [-0.1, -0.05) is 17.5 Å². The lowest BCUT2D eigenvalue weighted by molar-refractivity contribution is 0.0389. The van der Waals surface area contributed by atoms with E-state index < -0.39 is 34.7 Å². The number of rotatable bonds is 2. The van der Waals surface area contributed by atoms with Crippen molar-refractivity contribution in [3.8, 4) is 12.3 Å². The number of aliphatic hydroxyl groups excluding tert-OH is 2. The van der Waals surface area contributed by atoms with Crippen LogP contribution in [0, 0.1) is 12.3 Å². The maximum absolute atomic E-state index is 11.6. The Kier molecular flexibility index (Phi) is 3.09. The summed E-state index contributed by atoms with van der Waals surface area (Å²) in [5.41, 5.74) is -1.62. The van der Waals surface area contributed by atoms with Gasteiger partial charge in [-0.3, -0.25) is 9.78 Å². The molecule has 2 heterocycles. The van der Waals surface area contributed by atoms with Gasteiger partial charge in [-0.2, -0.15) is 9.78 Å². The number of aliphatic hydroxyl groups is 2. The number of halogens is 1. The number of hydrogen-bond donors (Lipinski definition) is 3. The molecule has 9 heteroatoms. The van der Waals surface area contributed by atoms with E-state index in [0.29, 0.717) is 4.68 Å². The van der Waals surface area contributed by atoms with Gasteiger partial charge in [0.25, 0.3) is 5.56 Å². The number of nitrogens with zero attached hydrogens (tertiary/aromatic N) is 2. The molecule has 1 aromatic heterocycles. The first-order chi connectivity index (χ1) is 8.93. The van der Waals surface area contributed by atoms with E-state index in [1.54, 1.807) is 0 Å². The number of alkyl halides is 1. The zero-order valence-electron chi connectivity index (χ0n) is 9.33. The maximum atomic E-state index is 11.6. The summed E-state index contributed by atoms with van der Waals surface area (Å²) in [6, 6.07) is 0. The molecule has 19 heavy (non-hydrogen) atoms. The summed E-state index contributed by atoms with van der Waals surface area (Å²) in [5, 5.41) is 22.3. The first kappa shape index (κ1) is 13.2. The van der Waals surface area contributed by atoms with Crippen LogP contribution < -0.4 is 11.2 Å². The van der Waals surface area contributed by atoms with Crippen molar-refractivity contribution >= 4 is 11.6 Å². The van der Waals surface area contributed by atoms with E-state index in [-0.39, 0.29) is 5.76 Å². The van der Waals surface area contributed by atoms with Gasteiger partial charge in [0.2, 0.25) is 11.1 Å². The Balaban J connectivity index is 2.57. The number of ether oxygens (including phenoxy) is 1. The molecule has 0 saturated carbocycles. The zero-order valence-corrected chi connectivity index (χ0v) is 10.1. The molecule has 0 radical (unpaired) electrons. The van der Waals surface area contributed by atoms with Gasteiger partial charge in [0.15, 0.2) is 11.5 Å².